The van der Waals surface area contributed by atoms with Crippen molar-refractivity contribution in [3.63, 3.8) is 0 Å². The number of hydrogen-bond donors (Lipinski definition) is 3. The number of nitrogens with one attached hydrogen (secondary N) is 2. The van der Waals surface area contributed by atoms with Gasteiger partial charge in [0.15, 0.2) is 5.76 Å². The molecule has 268 valence electrons. The number of aryl methyl sites for hydroxylation is 2. The second-order valence-electron chi connectivity index (χ2n) is 13.4. The second-order valence-corrected chi connectivity index (χ2v) is 15.4. The number of anilines is 1. The van der Waals surface area contributed by atoms with Crippen LogP contribution in [0.25, 0.3) is 0 Å². The van der Waals surface area contributed by atoms with Gasteiger partial charge in [-0.3, -0.25) is 4.79 Å². The number of carbonyl (C=O) groups excluding carboxylic acids is 2. The first-order valence-corrected chi connectivity index (χ1v) is 18.6. The molecule has 1 aromatic heterocycles. The summed E-state index contributed by atoms with van der Waals surface area (Å²) in [5.41, 5.74) is 0.991. The van der Waals surface area contributed by atoms with Crippen LogP contribution in [-0.4, -0.2) is 97.5 Å². The molecule has 14 heteroatoms. The molecule has 1 aliphatic heterocycles. The Balaban J connectivity index is 1.61. The van der Waals surface area contributed by atoms with Gasteiger partial charge >= 0.3 is 6.03 Å². The zero-order valence-corrected chi connectivity index (χ0v) is 30.0. The second kappa shape index (κ2) is 17.0. The molecule has 3 amide bonds. The number of urea groups is 1. The number of amides is 3. The van der Waals surface area contributed by atoms with E-state index in [1.807, 2.05) is 13.8 Å². The van der Waals surface area contributed by atoms with Gasteiger partial charge in [-0.1, -0.05) is 31.3 Å². The monoisotopic (exact) mass is 691 g/mol. The number of likely N-dealkylation sites (N-methyl/N-ethyl adjacent to an activating group) is 1. The normalized spacial score (nSPS) is 22.8. The molecule has 0 spiro atoms. The fraction of sp³-hybridized carbons (Fsp3) is 0.676. The minimum absolute atomic E-state index is 0.0311. The number of nitrogens with zero attached hydrogens (tertiary/aromatic N) is 3. The first-order valence-electron chi connectivity index (χ1n) is 17.1. The molecule has 1 fully saturated rings. The maximum atomic E-state index is 14.4. The predicted molar refractivity (Wildman–Crippen MR) is 182 cm³/mol. The number of fused-ring (bicyclic) bond motifs is 1. The minimum atomic E-state index is -3.94. The first kappa shape index (κ1) is 37.6. The molecule has 1 aromatic carbocycles. The molecule has 48 heavy (non-hydrogen) atoms. The third-order valence-corrected chi connectivity index (χ3v) is 11.4. The molecule has 2 aliphatic rings. The molecular formula is C34H53N5O8S. The van der Waals surface area contributed by atoms with E-state index in [1.54, 1.807) is 43.9 Å². The number of sulfonamides is 1. The fourth-order valence-electron chi connectivity index (χ4n) is 6.41. The fourth-order valence-corrected chi connectivity index (χ4v) is 7.88. The van der Waals surface area contributed by atoms with Crippen molar-refractivity contribution in [2.24, 2.45) is 5.92 Å². The van der Waals surface area contributed by atoms with Crippen LogP contribution in [0, 0.1) is 19.8 Å². The topological polar surface area (TPSA) is 164 Å². The quantitative estimate of drug-likeness (QED) is 0.351. The maximum absolute atomic E-state index is 14.4. The van der Waals surface area contributed by atoms with Crippen LogP contribution in [0.4, 0.5) is 10.5 Å². The summed E-state index contributed by atoms with van der Waals surface area (Å²) >= 11 is 0. The van der Waals surface area contributed by atoms with E-state index in [0.717, 1.165) is 38.5 Å². The molecule has 4 rings (SSSR count). The average Bonchev–Trinajstić information content (AvgIpc) is 3.40. The summed E-state index contributed by atoms with van der Waals surface area (Å²) in [6, 6.07) is 4.28. The Morgan fingerprint density at radius 1 is 1.12 bits per heavy atom. The number of hydrogen-bond acceptors (Lipinski definition) is 9. The van der Waals surface area contributed by atoms with Crippen LogP contribution in [-0.2, 0) is 14.8 Å². The molecule has 3 N–H and O–H groups in total. The lowest BCUT2D eigenvalue weighted by Crippen LogP contribution is -2.48. The molecular weight excluding hydrogens is 638 g/mol. The molecule has 13 nitrogen and oxygen atoms in total. The number of ether oxygens (including phenoxy) is 2. The van der Waals surface area contributed by atoms with Crippen molar-refractivity contribution >= 4 is 27.6 Å². The lowest BCUT2D eigenvalue weighted by molar-refractivity contribution is -0.00835. The van der Waals surface area contributed by atoms with Crippen LogP contribution in [0.2, 0.25) is 0 Å². The van der Waals surface area contributed by atoms with E-state index in [9.17, 15) is 23.1 Å². The lowest BCUT2D eigenvalue weighted by Gasteiger charge is -2.35. The molecule has 0 bridgehead atoms. The van der Waals surface area contributed by atoms with Crippen molar-refractivity contribution in [3.05, 3.63) is 35.2 Å². The standard InChI is InChI=1S/C34H53N5O8S/c1-22-19-39(23(2)21-40)33(41)29-18-28(36-34(42)35-27-13-8-7-9-14-27)15-16-30(29)46-24(3)12-10-11-17-45-31(22)20-38(6)48(43,44)32-25(4)37-47-26(32)5/h15-16,18,22-24,27,31,40H,7-14,17,19-21H2,1-6H3,(H2,35,36,42)/t22-,23-,24-,31+/m1/s1. The largest absolute Gasteiger partial charge is 0.490 e. The highest BCUT2D eigenvalue weighted by molar-refractivity contribution is 7.89. The van der Waals surface area contributed by atoms with Crippen LogP contribution in [0.3, 0.4) is 0 Å². The van der Waals surface area contributed by atoms with Gasteiger partial charge in [-0.25, -0.2) is 13.2 Å². The van der Waals surface area contributed by atoms with Crippen LogP contribution in [0.5, 0.6) is 5.75 Å². The Bertz CT molecular complexity index is 1470. The molecule has 1 saturated carbocycles. The summed E-state index contributed by atoms with van der Waals surface area (Å²) in [4.78, 5) is 28.9. The number of aromatic nitrogens is 1. The number of benzene rings is 1. The zero-order valence-electron chi connectivity index (χ0n) is 29.2. The minimum Gasteiger partial charge on any atom is -0.490 e. The summed E-state index contributed by atoms with van der Waals surface area (Å²) in [6.07, 6.45) is 6.70. The molecule has 2 aromatic rings. The van der Waals surface area contributed by atoms with E-state index in [0.29, 0.717) is 24.5 Å². The Kier molecular flexibility index (Phi) is 13.3. The van der Waals surface area contributed by atoms with Crippen molar-refractivity contribution < 1.29 is 37.1 Å². The van der Waals surface area contributed by atoms with Crippen LogP contribution in [0.1, 0.15) is 93.9 Å². The van der Waals surface area contributed by atoms with Crippen LogP contribution >= 0.6 is 0 Å². The highest BCUT2D eigenvalue weighted by atomic mass is 32.2. The average molecular weight is 692 g/mol. The van der Waals surface area contributed by atoms with E-state index in [-0.39, 0.29) is 71.6 Å². The maximum Gasteiger partial charge on any atom is 0.319 e. The van der Waals surface area contributed by atoms with Gasteiger partial charge in [0.05, 0.1) is 30.4 Å². The number of aliphatic hydroxyl groups is 1. The predicted octanol–water partition coefficient (Wildman–Crippen LogP) is 4.86. The molecule has 4 atom stereocenters. The Labute approximate surface area is 284 Å². The van der Waals surface area contributed by atoms with Gasteiger partial charge in [0.2, 0.25) is 10.0 Å². The summed E-state index contributed by atoms with van der Waals surface area (Å²) < 4.78 is 46.1. The third-order valence-electron chi connectivity index (χ3n) is 9.32. The van der Waals surface area contributed by atoms with Crippen molar-refractivity contribution in [3.8, 4) is 5.75 Å². The van der Waals surface area contributed by atoms with Gasteiger partial charge in [-0.2, -0.15) is 4.31 Å². The van der Waals surface area contributed by atoms with Crippen LogP contribution in [0.15, 0.2) is 27.6 Å². The van der Waals surface area contributed by atoms with Gasteiger partial charge in [0, 0.05) is 44.4 Å². The molecule has 1 aliphatic carbocycles. The molecule has 0 radical (unpaired) electrons. The van der Waals surface area contributed by atoms with Gasteiger partial charge in [-0.15, -0.1) is 0 Å². The smallest absolute Gasteiger partial charge is 0.319 e. The molecule has 2 heterocycles. The zero-order chi connectivity index (χ0) is 35.0. The number of carbonyl (C=O) groups is 2. The van der Waals surface area contributed by atoms with Gasteiger partial charge < -0.3 is 34.6 Å². The van der Waals surface area contributed by atoms with Gasteiger partial charge in [-0.05, 0) is 78.0 Å². The first-order chi connectivity index (χ1) is 22.8. The Morgan fingerprint density at radius 2 is 1.83 bits per heavy atom. The van der Waals surface area contributed by atoms with E-state index < -0.39 is 22.2 Å². The lowest BCUT2D eigenvalue weighted by atomic mass is 9.96. The number of rotatable bonds is 8. The summed E-state index contributed by atoms with van der Waals surface area (Å²) in [7, 11) is -2.44. The van der Waals surface area contributed by atoms with Crippen molar-refractivity contribution in [1.82, 2.24) is 19.7 Å². The van der Waals surface area contributed by atoms with Gasteiger partial charge in [0.1, 0.15) is 16.3 Å². The summed E-state index contributed by atoms with van der Waals surface area (Å²) in [5, 5.41) is 20.0. The van der Waals surface area contributed by atoms with Gasteiger partial charge in [0.25, 0.3) is 5.91 Å². The van der Waals surface area contributed by atoms with Crippen molar-refractivity contribution in [2.75, 3.05) is 38.7 Å². The van der Waals surface area contributed by atoms with E-state index >= 15 is 0 Å². The Morgan fingerprint density at radius 3 is 2.50 bits per heavy atom. The highest BCUT2D eigenvalue weighted by Crippen LogP contribution is 2.29. The van der Waals surface area contributed by atoms with E-state index in [1.165, 1.54) is 17.8 Å². The Hall–Kier alpha value is -3.20. The third kappa shape index (κ3) is 9.48. The number of aliphatic hydroxyl groups excluding tert-OH is 1. The SMILES string of the molecule is Cc1noc(C)c1S(=O)(=O)N(C)C[C@@H]1OCCCC[C@@H](C)Oc2ccc(NC(=O)NC3CCCCC3)cc2C(=O)N([C@H](C)CO)C[C@H]1C. The summed E-state index contributed by atoms with van der Waals surface area (Å²) in [6.45, 7) is 9.06. The van der Waals surface area contributed by atoms with Crippen LogP contribution < -0.4 is 15.4 Å². The summed E-state index contributed by atoms with van der Waals surface area (Å²) in [5.74, 6) is -0.111. The van der Waals surface area contributed by atoms with Crippen molar-refractivity contribution in [1.29, 1.82) is 0 Å². The van der Waals surface area contributed by atoms with Crippen molar-refractivity contribution in [2.45, 2.75) is 115 Å². The van der Waals surface area contributed by atoms with E-state index in [2.05, 4.69) is 15.8 Å². The highest BCUT2D eigenvalue weighted by Gasteiger charge is 2.34. The molecule has 0 saturated heterocycles. The van der Waals surface area contributed by atoms with E-state index in [4.69, 9.17) is 14.0 Å². The molecule has 0 unspecified atom stereocenters.